The normalized spacial score (nSPS) is 33.8. The Morgan fingerprint density at radius 2 is 1.75 bits per heavy atom. The number of carbonyl (C=O) groups excluding carboxylic acids is 1. The van der Waals surface area contributed by atoms with E-state index in [1.165, 1.54) is 12.1 Å². The molecule has 5 atom stereocenters. The number of halogens is 1. The van der Waals surface area contributed by atoms with Gasteiger partial charge in [-0.1, -0.05) is 23.7 Å². The number of hydrogen-bond donors (Lipinski definition) is 4. The fourth-order valence-electron chi connectivity index (χ4n) is 1.75. The standard InChI is InChI=1S/C12H13ClO7/c13-5-3-1-2-4-6(5)19-12(18)10-8(15)7(14)9(16)11(17)20-10/h1-4,7-11,14-17H/t7-,8-,9+,10-,11+/m0/s1. The third-order valence-electron chi connectivity index (χ3n) is 2.87. The number of rotatable bonds is 2. The number of aliphatic hydroxyl groups is 4. The summed E-state index contributed by atoms with van der Waals surface area (Å²) in [6, 6.07) is 6.14. The van der Waals surface area contributed by atoms with Gasteiger partial charge in [0.15, 0.2) is 12.4 Å². The van der Waals surface area contributed by atoms with Crippen LogP contribution >= 0.6 is 11.6 Å². The first-order valence-electron chi connectivity index (χ1n) is 5.75. The van der Waals surface area contributed by atoms with Crippen LogP contribution in [0, 0.1) is 0 Å². The van der Waals surface area contributed by atoms with Crippen molar-refractivity contribution < 1.29 is 34.7 Å². The van der Waals surface area contributed by atoms with Gasteiger partial charge in [-0.3, -0.25) is 0 Å². The number of hydrogen-bond acceptors (Lipinski definition) is 7. The van der Waals surface area contributed by atoms with Crippen LogP contribution in [0.5, 0.6) is 5.75 Å². The highest BCUT2D eigenvalue weighted by Crippen LogP contribution is 2.26. The summed E-state index contributed by atoms with van der Waals surface area (Å²) in [5.74, 6) is -0.999. The Morgan fingerprint density at radius 1 is 1.10 bits per heavy atom. The molecule has 20 heavy (non-hydrogen) atoms. The van der Waals surface area contributed by atoms with Crippen LogP contribution in [-0.2, 0) is 9.53 Å². The molecule has 1 aliphatic rings. The summed E-state index contributed by atoms with van der Waals surface area (Å²) in [6.07, 6.45) is -8.63. The molecule has 0 saturated carbocycles. The molecule has 1 aromatic rings. The third-order valence-corrected chi connectivity index (χ3v) is 3.18. The molecule has 0 aliphatic carbocycles. The molecule has 7 nitrogen and oxygen atoms in total. The molecule has 0 spiro atoms. The monoisotopic (exact) mass is 304 g/mol. The minimum absolute atomic E-state index is 0.0464. The summed E-state index contributed by atoms with van der Waals surface area (Å²) in [4.78, 5) is 11.9. The first-order chi connectivity index (χ1) is 9.41. The second kappa shape index (κ2) is 6.04. The SMILES string of the molecule is O=C(Oc1ccccc1Cl)[C@H]1O[C@@H](O)[C@H](O)[C@@H](O)[C@@H]1O. The Hall–Kier alpha value is -1.22. The maximum Gasteiger partial charge on any atom is 0.343 e. The topological polar surface area (TPSA) is 116 Å². The van der Waals surface area contributed by atoms with Gasteiger partial charge in [0, 0.05) is 0 Å². The van der Waals surface area contributed by atoms with Gasteiger partial charge in [-0.2, -0.15) is 0 Å². The van der Waals surface area contributed by atoms with Gasteiger partial charge < -0.3 is 29.9 Å². The van der Waals surface area contributed by atoms with Gasteiger partial charge in [0.2, 0.25) is 0 Å². The molecule has 8 heteroatoms. The summed E-state index contributed by atoms with van der Waals surface area (Å²) in [7, 11) is 0. The van der Waals surface area contributed by atoms with Gasteiger partial charge in [0.05, 0.1) is 5.02 Å². The summed E-state index contributed by atoms with van der Waals surface area (Å²) < 4.78 is 9.66. The van der Waals surface area contributed by atoms with E-state index in [1.54, 1.807) is 12.1 Å². The summed E-state index contributed by atoms with van der Waals surface area (Å²) in [5, 5.41) is 37.9. The van der Waals surface area contributed by atoms with Crippen LogP contribution in [0.25, 0.3) is 0 Å². The highest BCUT2D eigenvalue weighted by molar-refractivity contribution is 6.32. The molecule has 1 aromatic carbocycles. The first-order valence-corrected chi connectivity index (χ1v) is 6.13. The molecule has 110 valence electrons. The van der Waals surface area contributed by atoms with Crippen LogP contribution in [0.4, 0.5) is 0 Å². The number of benzene rings is 1. The predicted molar refractivity (Wildman–Crippen MR) is 66.0 cm³/mol. The van der Waals surface area contributed by atoms with E-state index in [0.717, 1.165) is 0 Å². The van der Waals surface area contributed by atoms with E-state index in [4.69, 9.17) is 21.1 Å². The molecule has 0 unspecified atom stereocenters. The van der Waals surface area contributed by atoms with Crippen molar-refractivity contribution in [3.05, 3.63) is 29.3 Å². The van der Waals surface area contributed by atoms with E-state index < -0.39 is 36.7 Å². The minimum Gasteiger partial charge on any atom is -0.423 e. The van der Waals surface area contributed by atoms with Crippen LogP contribution in [-0.4, -0.2) is 57.1 Å². The van der Waals surface area contributed by atoms with E-state index in [1.807, 2.05) is 0 Å². The van der Waals surface area contributed by atoms with Crippen molar-refractivity contribution in [2.75, 3.05) is 0 Å². The van der Waals surface area contributed by atoms with Gasteiger partial charge in [-0.15, -0.1) is 0 Å². The molecule has 2 rings (SSSR count). The summed E-state index contributed by atoms with van der Waals surface area (Å²) in [5.41, 5.74) is 0. The van der Waals surface area contributed by atoms with Crippen LogP contribution in [0.1, 0.15) is 0 Å². The van der Waals surface area contributed by atoms with Crippen LogP contribution in [0.2, 0.25) is 5.02 Å². The third kappa shape index (κ3) is 2.93. The smallest absolute Gasteiger partial charge is 0.343 e. The lowest BCUT2D eigenvalue weighted by molar-refractivity contribution is -0.279. The highest BCUT2D eigenvalue weighted by atomic mass is 35.5. The number of esters is 1. The van der Waals surface area contributed by atoms with Crippen molar-refractivity contribution in [3.63, 3.8) is 0 Å². The second-order valence-electron chi connectivity index (χ2n) is 4.27. The van der Waals surface area contributed by atoms with E-state index >= 15 is 0 Å². The van der Waals surface area contributed by atoms with Gasteiger partial charge in [0.25, 0.3) is 0 Å². The lowest BCUT2D eigenvalue weighted by atomic mass is 9.99. The van der Waals surface area contributed by atoms with E-state index in [-0.39, 0.29) is 10.8 Å². The highest BCUT2D eigenvalue weighted by Gasteiger charge is 2.47. The molecule has 1 fully saturated rings. The molecular formula is C12H13ClO7. The Bertz CT molecular complexity index is 494. The molecule has 0 radical (unpaired) electrons. The van der Waals surface area contributed by atoms with Crippen molar-refractivity contribution in [3.8, 4) is 5.75 Å². The average Bonchev–Trinajstić information content (AvgIpc) is 2.43. The lowest BCUT2D eigenvalue weighted by Crippen LogP contribution is -2.60. The zero-order chi connectivity index (χ0) is 14.9. The molecular weight excluding hydrogens is 292 g/mol. The molecule has 0 bridgehead atoms. The zero-order valence-corrected chi connectivity index (χ0v) is 10.8. The fourth-order valence-corrected chi connectivity index (χ4v) is 1.92. The molecule has 0 aromatic heterocycles. The second-order valence-corrected chi connectivity index (χ2v) is 4.68. The molecule has 1 heterocycles. The number of para-hydroxylation sites is 1. The molecule has 1 saturated heterocycles. The van der Waals surface area contributed by atoms with Gasteiger partial charge in [0.1, 0.15) is 24.1 Å². The maximum atomic E-state index is 11.9. The average molecular weight is 305 g/mol. The summed E-state index contributed by atoms with van der Waals surface area (Å²) in [6.45, 7) is 0. The Balaban J connectivity index is 2.11. The van der Waals surface area contributed by atoms with E-state index in [0.29, 0.717) is 0 Å². The van der Waals surface area contributed by atoms with Gasteiger partial charge >= 0.3 is 5.97 Å². The Kier molecular flexibility index (Phi) is 4.59. The quantitative estimate of drug-likeness (QED) is 0.411. The van der Waals surface area contributed by atoms with Gasteiger partial charge in [-0.25, -0.2) is 4.79 Å². The van der Waals surface area contributed by atoms with Crippen molar-refractivity contribution >= 4 is 17.6 Å². The Morgan fingerprint density at radius 3 is 2.40 bits per heavy atom. The Labute approximate surface area is 118 Å². The summed E-state index contributed by atoms with van der Waals surface area (Å²) >= 11 is 5.80. The lowest BCUT2D eigenvalue weighted by Gasteiger charge is -2.36. The van der Waals surface area contributed by atoms with E-state index in [9.17, 15) is 25.2 Å². The van der Waals surface area contributed by atoms with Crippen LogP contribution in [0.15, 0.2) is 24.3 Å². The van der Waals surface area contributed by atoms with Crippen molar-refractivity contribution in [2.45, 2.75) is 30.7 Å². The van der Waals surface area contributed by atoms with Gasteiger partial charge in [-0.05, 0) is 12.1 Å². The van der Waals surface area contributed by atoms with Crippen LogP contribution < -0.4 is 4.74 Å². The molecule has 0 amide bonds. The fraction of sp³-hybridized carbons (Fsp3) is 0.417. The predicted octanol–water partition coefficient (Wildman–Crippen LogP) is -0.955. The largest absolute Gasteiger partial charge is 0.423 e. The van der Waals surface area contributed by atoms with Crippen molar-refractivity contribution in [2.24, 2.45) is 0 Å². The maximum absolute atomic E-state index is 11.9. The van der Waals surface area contributed by atoms with Crippen molar-refractivity contribution in [1.29, 1.82) is 0 Å². The first kappa shape index (κ1) is 15.2. The van der Waals surface area contributed by atoms with Crippen LogP contribution in [0.3, 0.4) is 0 Å². The molecule has 1 aliphatic heterocycles. The number of aliphatic hydroxyl groups excluding tert-OH is 4. The zero-order valence-electron chi connectivity index (χ0n) is 10.1. The number of carbonyl (C=O) groups is 1. The minimum atomic E-state index is -1.81. The number of ether oxygens (including phenoxy) is 2. The molecule has 4 N–H and O–H groups in total. The van der Waals surface area contributed by atoms with Crippen molar-refractivity contribution in [1.82, 2.24) is 0 Å². The van der Waals surface area contributed by atoms with E-state index in [2.05, 4.69) is 0 Å².